The van der Waals surface area contributed by atoms with Gasteiger partial charge in [-0.1, -0.05) is 37.1 Å². The lowest BCUT2D eigenvalue weighted by atomic mass is 9.78. The second kappa shape index (κ2) is 5.36. The molecule has 1 fully saturated rings. The van der Waals surface area contributed by atoms with Gasteiger partial charge >= 0.3 is 5.97 Å². The van der Waals surface area contributed by atoms with E-state index in [-0.39, 0.29) is 0 Å². The summed E-state index contributed by atoms with van der Waals surface area (Å²) in [7, 11) is 0. The molecule has 0 aliphatic heterocycles. The van der Waals surface area contributed by atoms with Gasteiger partial charge in [0.1, 0.15) is 0 Å². The van der Waals surface area contributed by atoms with Crippen molar-refractivity contribution in [2.75, 3.05) is 0 Å². The fraction of sp³-hybridized carbons (Fsp3) is 0.588. The lowest BCUT2D eigenvalue weighted by molar-refractivity contribution is -0.148. The number of carbonyl (C=O) groups is 1. The molecule has 1 aliphatic rings. The number of aryl methyl sites for hydroxylation is 2. The van der Waals surface area contributed by atoms with E-state index in [9.17, 15) is 9.90 Å². The Morgan fingerprint density at radius 2 is 2.16 bits per heavy atom. The van der Waals surface area contributed by atoms with Crippen LogP contribution in [0.25, 0.3) is 0 Å². The van der Waals surface area contributed by atoms with Gasteiger partial charge in [-0.2, -0.15) is 0 Å². The van der Waals surface area contributed by atoms with E-state index in [1.807, 2.05) is 0 Å². The van der Waals surface area contributed by atoms with Crippen LogP contribution in [0, 0.1) is 25.2 Å². The molecule has 2 heteroatoms. The first-order chi connectivity index (χ1) is 8.97. The highest BCUT2D eigenvalue weighted by Gasteiger charge is 2.44. The van der Waals surface area contributed by atoms with E-state index in [0.717, 1.165) is 25.7 Å². The van der Waals surface area contributed by atoms with Gasteiger partial charge in [-0.05, 0) is 56.6 Å². The minimum Gasteiger partial charge on any atom is -0.481 e. The van der Waals surface area contributed by atoms with Crippen LogP contribution in [-0.4, -0.2) is 11.1 Å². The van der Waals surface area contributed by atoms with Crippen LogP contribution in [0.15, 0.2) is 18.2 Å². The van der Waals surface area contributed by atoms with Gasteiger partial charge in [-0.15, -0.1) is 0 Å². The molecule has 104 valence electrons. The van der Waals surface area contributed by atoms with Gasteiger partial charge in [-0.25, -0.2) is 0 Å². The van der Waals surface area contributed by atoms with Crippen molar-refractivity contribution in [2.24, 2.45) is 11.3 Å². The summed E-state index contributed by atoms with van der Waals surface area (Å²) in [4.78, 5) is 11.8. The van der Waals surface area contributed by atoms with Gasteiger partial charge < -0.3 is 5.11 Å². The number of aliphatic carboxylic acids is 1. The molecule has 2 unspecified atom stereocenters. The maximum atomic E-state index is 11.8. The highest BCUT2D eigenvalue weighted by Crippen LogP contribution is 2.46. The summed E-state index contributed by atoms with van der Waals surface area (Å²) in [6.07, 6.45) is 4.52. The third-order valence-corrected chi connectivity index (χ3v) is 4.78. The molecule has 1 aliphatic carbocycles. The zero-order valence-corrected chi connectivity index (χ0v) is 12.2. The zero-order chi connectivity index (χ0) is 14.0. The molecule has 0 bridgehead atoms. The van der Waals surface area contributed by atoms with Crippen LogP contribution in [0.4, 0.5) is 0 Å². The Bertz CT molecular complexity index is 478. The third-order valence-electron chi connectivity index (χ3n) is 4.78. The highest BCUT2D eigenvalue weighted by molar-refractivity contribution is 5.75. The minimum absolute atomic E-state index is 0.529. The van der Waals surface area contributed by atoms with Crippen molar-refractivity contribution >= 4 is 5.97 Å². The second-order valence-electron chi connectivity index (χ2n) is 6.21. The monoisotopic (exact) mass is 260 g/mol. The predicted octanol–water partition coefficient (Wildman–Crippen LogP) is 4.13. The summed E-state index contributed by atoms with van der Waals surface area (Å²) in [6.45, 7) is 6.32. The van der Waals surface area contributed by atoms with Crippen molar-refractivity contribution in [2.45, 2.75) is 52.9 Å². The minimum atomic E-state index is -0.607. The molecule has 0 radical (unpaired) electrons. The molecule has 2 nitrogen and oxygen atoms in total. The molecule has 2 rings (SSSR count). The number of rotatable bonds is 4. The van der Waals surface area contributed by atoms with Crippen LogP contribution in [-0.2, 0) is 11.2 Å². The smallest absolute Gasteiger partial charge is 0.309 e. The van der Waals surface area contributed by atoms with E-state index >= 15 is 0 Å². The number of hydrogen-bond acceptors (Lipinski definition) is 1. The van der Waals surface area contributed by atoms with Crippen LogP contribution in [0.5, 0.6) is 0 Å². The SMILES string of the molecule is CCC1CCC(Cc2cc(C)ccc2C)(C(=O)O)C1. The summed E-state index contributed by atoms with van der Waals surface area (Å²) in [6, 6.07) is 6.35. The zero-order valence-electron chi connectivity index (χ0n) is 12.2. The van der Waals surface area contributed by atoms with Gasteiger partial charge in [0, 0.05) is 0 Å². The highest BCUT2D eigenvalue weighted by atomic mass is 16.4. The van der Waals surface area contributed by atoms with Crippen molar-refractivity contribution < 1.29 is 9.90 Å². The standard InChI is InChI=1S/C17H24O2/c1-4-14-7-8-17(10-14,16(18)19)11-15-9-12(2)5-6-13(15)3/h5-6,9,14H,4,7-8,10-11H2,1-3H3,(H,18,19). The molecule has 1 aromatic rings. The number of hydrogen-bond donors (Lipinski definition) is 1. The summed E-state index contributed by atoms with van der Waals surface area (Å²) >= 11 is 0. The Labute approximate surface area is 115 Å². The number of benzene rings is 1. The molecular weight excluding hydrogens is 236 g/mol. The summed E-state index contributed by atoms with van der Waals surface area (Å²) < 4.78 is 0. The maximum Gasteiger partial charge on any atom is 0.309 e. The number of carboxylic acids is 1. The summed E-state index contributed by atoms with van der Waals surface area (Å²) in [5.74, 6) is -0.0226. The largest absolute Gasteiger partial charge is 0.481 e. The van der Waals surface area contributed by atoms with Crippen molar-refractivity contribution in [3.8, 4) is 0 Å². The lowest BCUT2D eigenvalue weighted by Crippen LogP contribution is -2.31. The lowest BCUT2D eigenvalue weighted by Gasteiger charge is -2.25. The van der Waals surface area contributed by atoms with Crippen LogP contribution in [0.1, 0.15) is 49.3 Å². The van der Waals surface area contributed by atoms with Crippen LogP contribution < -0.4 is 0 Å². The normalized spacial score (nSPS) is 26.6. The van der Waals surface area contributed by atoms with Gasteiger partial charge in [-0.3, -0.25) is 4.79 Å². The first-order valence-electron chi connectivity index (χ1n) is 7.26. The molecular formula is C17H24O2. The molecule has 2 atom stereocenters. The molecule has 0 saturated heterocycles. The van der Waals surface area contributed by atoms with Crippen molar-refractivity contribution in [1.29, 1.82) is 0 Å². The molecule has 1 aromatic carbocycles. The van der Waals surface area contributed by atoms with E-state index in [2.05, 4.69) is 39.0 Å². The average Bonchev–Trinajstić information content (AvgIpc) is 2.79. The van der Waals surface area contributed by atoms with E-state index in [1.54, 1.807) is 0 Å². The molecule has 1 N–H and O–H groups in total. The Balaban J connectivity index is 2.27. The molecule has 1 saturated carbocycles. The van der Waals surface area contributed by atoms with Gasteiger partial charge in [0.05, 0.1) is 5.41 Å². The molecule has 0 aromatic heterocycles. The van der Waals surface area contributed by atoms with Crippen LogP contribution in [0.2, 0.25) is 0 Å². The van der Waals surface area contributed by atoms with E-state index in [4.69, 9.17) is 0 Å². The first-order valence-corrected chi connectivity index (χ1v) is 7.26. The Morgan fingerprint density at radius 3 is 2.74 bits per heavy atom. The predicted molar refractivity (Wildman–Crippen MR) is 77.3 cm³/mol. The van der Waals surface area contributed by atoms with E-state index < -0.39 is 11.4 Å². The first kappa shape index (κ1) is 14.1. The van der Waals surface area contributed by atoms with E-state index in [1.165, 1.54) is 16.7 Å². The summed E-state index contributed by atoms with van der Waals surface area (Å²) in [5.41, 5.74) is 3.11. The maximum absolute atomic E-state index is 11.8. The fourth-order valence-corrected chi connectivity index (χ4v) is 3.37. The Hall–Kier alpha value is -1.31. The summed E-state index contributed by atoms with van der Waals surface area (Å²) in [5, 5.41) is 9.70. The molecule has 19 heavy (non-hydrogen) atoms. The quantitative estimate of drug-likeness (QED) is 0.884. The van der Waals surface area contributed by atoms with E-state index in [0.29, 0.717) is 12.3 Å². The average molecular weight is 260 g/mol. The Morgan fingerprint density at radius 1 is 1.42 bits per heavy atom. The van der Waals surface area contributed by atoms with Crippen LogP contribution >= 0.6 is 0 Å². The Kier molecular flexibility index (Phi) is 3.98. The number of carboxylic acid groups (broad SMARTS) is 1. The second-order valence-corrected chi connectivity index (χ2v) is 6.21. The van der Waals surface area contributed by atoms with Crippen molar-refractivity contribution in [3.05, 3.63) is 34.9 Å². The van der Waals surface area contributed by atoms with Crippen molar-refractivity contribution in [1.82, 2.24) is 0 Å². The molecule has 0 amide bonds. The fourth-order valence-electron chi connectivity index (χ4n) is 3.37. The van der Waals surface area contributed by atoms with Gasteiger partial charge in [0.15, 0.2) is 0 Å². The van der Waals surface area contributed by atoms with Crippen molar-refractivity contribution in [3.63, 3.8) is 0 Å². The molecule has 0 heterocycles. The molecule has 0 spiro atoms. The van der Waals surface area contributed by atoms with Crippen LogP contribution in [0.3, 0.4) is 0 Å². The van der Waals surface area contributed by atoms with Gasteiger partial charge in [0.2, 0.25) is 0 Å². The topological polar surface area (TPSA) is 37.3 Å². The third kappa shape index (κ3) is 2.83. The van der Waals surface area contributed by atoms with Gasteiger partial charge in [0.25, 0.3) is 0 Å².